The second kappa shape index (κ2) is 7.75. The molecule has 0 radical (unpaired) electrons. The van der Waals surface area contributed by atoms with Gasteiger partial charge in [0.15, 0.2) is 0 Å². The average molecular weight is 428 g/mol. The summed E-state index contributed by atoms with van der Waals surface area (Å²) in [4.78, 5) is 26.7. The van der Waals surface area contributed by atoms with Crippen molar-refractivity contribution in [3.63, 3.8) is 0 Å². The van der Waals surface area contributed by atoms with Crippen LogP contribution in [0.2, 0.25) is 0 Å². The number of benzene rings is 2. The fourth-order valence-corrected chi connectivity index (χ4v) is 4.77. The molecule has 0 aromatic heterocycles. The van der Waals surface area contributed by atoms with Crippen molar-refractivity contribution in [1.82, 2.24) is 5.32 Å². The van der Waals surface area contributed by atoms with Crippen LogP contribution in [-0.4, -0.2) is 32.8 Å². The highest BCUT2D eigenvalue weighted by Crippen LogP contribution is 2.37. The van der Waals surface area contributed by atoms with Crippen molar-refractivity contribution in [3.8, 4) is 0 Å². The van der Waals surface area contributed by atoms with Gasteiger partial charge in [0.25, 0.3) is 15.9 Å². The van der Waals surface area contributed by atoms with Gasteiger partial charge in [-0.25, -0.2) is 8.42 Å². The van der Waals surface area contributed by atoms with Crippen molar-refractivity contribution in [1.29, 1.82) is 0 Å². The molecule has 2 amide bonds. The van der Waals surface area contributed by atoms with Crippen LogP contribution < -0.4 is 14.9 Å². The van der Waals surface area contributed by atoms with Gasteiger partial charge < -0.3 is 10.2 Å². The molecule has 1 fully saturated rings. The number of hydrogen-bond donors (Lipinski definition) is 2. The summed E-state index contributed by atoms with van der Waals surface area (Å²) < 4.78 is 28.6. The van der Waals surface area contributed by atoms with Crippen molar-refractivity contribution in [2.45, 2.75) is 44.0 Å². The van der Waals surface area contributed by atoms with Crippen LogP contribution in [0.1, 0.15) is 42.6 Å². The molecule has 30 heavy (non-hydrogen) atoms. The molecule has 7 nitrogen and oxygen atoms in total. The highest BCUT2D eigenvalue weighted by atomic mass is 32.2. The quantitative estimate of drug-likeness (QED) is 0.741. The summed E-state index contributed by atoms with van der Waals surface area (Å²) in [5.41, 5.74) is 2.12. The lowest BCUT2D eigenvalue weighted by molar-refractivity contribution is -0.119. The number of nitrogens with one attached hydrogen (secondary N) is 2. The van der Waals surface area contributed by atoms with E-state index in [0.717, 1.165) is 24.1 Å². The molecule has 4 rings (SSSR count). The predicted molar refractivity (Wildman–Crippen MR) is 115 cm³/mol. The zero-order valence-corrected chi connectivity index (χ0v) is 17.8. The first-order valence-corrected chi connectivity index (χ1v) is 11.6. The minimum Gasteiger partial charge on any atom is -0.350 e. The van der Waals surface area contributed by atoms with Crippen LogP contribution in [0.5, 0.6) is 0 Å². The number of hydrogen-bond acceptors (Lipinski definition) is 4. The van der Waals surface area contributed by atoms with Crippen LogP contribution in [-0.2, 0) is 21.2 Å². The van der Waals surface area contributed by atoms with Gasteiger partial charge in [-0.2, -0.15) is 0 Å². The Morgan fingerprint density at radius 3 is 2.53 bits per heavy atom. The van der Waals surface area contributed by atoms with E-state index in [-0.39, 0.29) is 39.9 Å². The summed E-state index contributed by atoms with van der Waals surface area (Å²) in [7, 11) is -3.89. The number of fused-ring (bicyclic) bond motifs is 1. The Bertz CT molecular complexity index is 1110. The summed E-state index contributed by atoms with van der Waals surface area (Å²) >= 11 is 0. The normalized spacial score (nSPS) is 15.8. The van der Waals surface area contributed by atoms with Crippen LogP contribution in [0.3, 0.4) is 0 Å². The lowest BCUT2D eigenvalue weighted by Crippen LogP contribution is -2.31. The SMILES string of the molecule is CC(C)NC(=O)c1ccccc1NS(=O)(=O)c1ccc2c(c1)CCN2C(=O)C1CC1. The zero-order chi connectivity index (χ0) is 21.5. The molecule has 0 bridgehead atoms. The summed E-state index contributed by atoms with van der Waals surface area (Å²) in [6.07, 6.45) is 2.50. The average Bonchev–Trinajstić information content (AvgIpc) is 3.46. The van der Waals surface area contributed by atoms with Crippen LogP contribution in [0.25, 0.3) is 0 Å². The van der Waals surface area contributed by atoms with E-state index >= 15 is 0 Å². The molecule has 0 unspecified atom stereocenters. The standard InChI is InChI=1S/C22H25N3O4S/c1-14(2)23-21(26)18-5-3-4-6-19(18)24-30(28,29)17-9-10-20-16(13-17)11-12-25(20)22(27)15-7-8-15/h3-6,9-10,13-15,24H,7-8,11-12H2,1-2H3,(H,23,26). The van der Waals surface area contributed by atoms with Crippen LogP contribution in [0.4, 0.5) is 11.4 Å². The molecule has 1 aliphatic carbocycles. The van der Waals surface area contributed by atoms with Crippen LogP contribution >= 0.6 is 0 Å². The summed E-state index contributed by atoms with van der Waals surface area (Å²) in [6.45, 7) is 4.26. The van der Waals surface area contributed by atoms with Gasteiger partial charge in [-0.05, 0) is 69.0 Å². The molecule has 2 aromatic carbocycles. The molecule has 1 saturated carbocycles. The van der Waals surface area contributed by atoms with E-state index in [0.29, 0.717) is 13.0 Å². The summed E-state index contributed by atoms with van der Waals surface area (Å²) in [6, 6.07) is 11.3. The van der Waals surface area contributed by atoms with Crippen molar-refractivity contribution in [2.75, 3.05) is 16.2 Å². The van der Waals surface area contributed by atoms with Gasteiger partial charge in [-0.15, -0.1) is 0 Å². The van der Waals surface area contributed by atoms with Gasteiger partial charge in [0.2, 0.25) is 5.91 Å². The monoisotopic (exact) mass is 427 g/mol. The number of sulfonamides is 1. The Kier molecular flexibility index (Phi) is 5.27. The zero-order valence-electron chi connectivity index (χ0n) is 17.0. The first kappa shape index (κ1) is 20.4. The molecule has 0 saturated heterocycles. The van der Waals surface area contributed by atoms with Crippen molar-refractivity contribution < 1.29 is 18.0 Å². The van der Waals surface area contributed by atoms with E-state index in [1.807, 2.05) is 13.8 Å². The molecular weight excluding hydrogens is 402 g/mol. The summed E-state index contributed by atoms with van der Waals surface area (Å²) in [5.74, 6) is -0.0893. The van der Waals surface area contributed by atoms with Crippen molar-refractivity contribution in [2.24, 2.45) is 5.92 Å². The topological polar surface area (TPSA) is 95.6 Å². The minimum absolute atomic E-state index is 0.0693. The van der Waals surface area contributed by atoms with Gasteiger partial charge in [0.1, 0.15) is 0 Å². The molecule has 1 heterocycles. The van der Waals surface area contributed by atoms with E-state index in [1.165, 1.54) is 6.07 Å². The molecular formula is C22H25N3O4S. The number of anilines is 2. The van der Waals surface area contributed by atoms with Crippen LogP contribution in [0, 0.1) is 5.92 Å². The largest absolute Gasteiger partial charge is 0.350 e. The Morgan fingerprint density at radius 2 is 1.83 bits per heavy atom. The van der Waals surface area contributed by atoms with Crippen LogP contribution in [0.15, 0.2) is 47.4 Å². The highest BCUT2D eigenvalue weighted by molar-refractivity contribution is 7.92. The van der Waals surface area contributed by atoms with E-state index < -0.39 is 10.0 Å². The molecule has 158 valence electrons. The Hall–Kier alpha value is -2.87. The maximum atomic E-state index is 13.0. The van der Waals surface area contributed by atoms with Gasteiger partial charge >= 0.3 is 0 Å². The second-order valence-electron chi connectivity index (χ2n) is 8.08. The van der Waals surface area contributed by atoms with Gasteiger partial charge in [-0.3, -0.25) is 14.3 Å². The third-order valence-corrected chi connectivity index (χ3v) is 6.65. The smallest absolute Gasteiger partial charge is 0.261 e. The molecule has 2 aromatic rings. The number of carbonyl (C=O) groups excluding carboxylic acids is 2. The number of nitrogens with zero attached hydrogens (tertiary/aromatic N) is 1. The third-order valence-electron chi connectivity index (χ3n) is 5.29. The number of rotatable bonds is 6. The van der Waals surface area contributed by atoms with Gasteiger partial charge in [0.05, 0.1) is 16.1 Å². The van der Waals surface area contributed by atoms with E-state index in [2.05, 4.69) is 10.0 Å². The third kappa shape index (κ3) is 4.05. The lowest BCUT2D eigenvalue weighted by atomic mass is 10.1. The molecule has 1 aliphatic heterocycles. The molecule has 2 aliphatic rings. The minimum atomic E-state index is -3.89. The van der Waals surface area contributed by atoms with E-state index in [4.69, 9.17) is 0 Å². The maximum Gasteiger partial charge on any atom is 0.261 e. The maximum absolute atomic E-state index is 13.0. The second-order valence-corrected chi connectivity index (χ2v) is 9.77. The molecule has 0 atom stereocenters. The first-order chi connectivity index (χ1) is 14.3. The number of carbonyl (C=O) groups is 2. The Balaban J connectivity index is 1.58. The van der Waals surface area contributed by atoms with E-state index in [9.17, 15) is 18.0 Å². The molecule has 8 heteroatoms. The molecule has 2 N–H and O–H groups in total. The van der Waals surface area contributed by atoms with E-state index in [1.54, 1.807) is 41.3 Å². The highest BCUT2D eigenvalue weighted by Gasteiger charge is 2.36. The lowest BCUT2D eigenvalue weighted by Gasteiger charge is -2.17. The Morgan fingerprint density at radius 1 is 1.10 bits per heavy atom. The van der Waals surface area contributed by atoms with Gasteiger partial charge in [-0.1, -0.05) is 12.1 Å². The van der Waals surface area contributed by atoms with Crippen molar-refractivity contribution in [3.05, 3.63) is 53.6 Å². The fourth-order valence-electron chi connectivity index (χ4n) is 3.64. The van der Waals surface area contributed by atoms with Crippen molar-refractivity contribution >= 4 is 33.2 Å². The summed E-state index contributed by atoms with van der Waals surface area (Å²) in [5, 5.41) is 2.78. The molecule has 0 spiro atoms. The predicted octanol–water partition coefficient (Wildman–Crippen LogP) is 2.92. The number of para-hydroxylation sites is 1. The first-order valence-electron chi connectivity index (χ1n) is 10.1. The van der Waals surface area contributed by atoms with Gasteiger partial charge in [0, 0.05) is 24.2 Å². The fraction of sp³-hybridized carbons (Fsp3) is 0.364. The Labute approximate surface area is 176 Å². The number of amides is 2.